The van der Waals surface area contributed by atoms with Gasteiger partial charge >= 0.3 is 0 Å². The Bertz CT molecular complexity index is 569. The predicted molar refractivity (Wildman–Crippen MR) is 86.2 cm³/mol. The minimum Gasteiger partial charge on any atom is -0.356 e. The number of carbonyl (C=O) groups is 1. The van der Waals surface area contributed by atoms with Crippen LogP contribution in [0.15, 0.2) is 54.6 Å². The highest BCUT2D eigenvalue weighted by Gasteiger charge is 2.07. The second kappa shape index (κ2) is 7.81. The number of benzene rings is 2. The van der Waals surface area contributed by atoms with Crippen molar-refractivity contribution in [2.75, 3.05) is 6.54 Å². The lowest BCUT2D eigenvalue weighted by atomic mass is 10.0. The van der Waals surface area contributed by atoms with Gasteiger partial charge in [0.2, 0.25) is 5.91 Å². The van der Waals surface area contributed by atoms with Gasteiger partial charge in [-0.15, -0.1) is 0 Å². The van der Waals surface area contributed by atoms with Crippen molar-refractivity contribution in [3.63, 3.8) is 0 Å². The molecule has 3 nitrogen and oxygen atoms in total. The van der Waals surface area contributed by atoms with Crippen molar-refractivity contribution in [1.82, 2.24) is 5.32 Å². The summed E-state index contributed by atoms with van der Waals surface area (Å²) in [6.45, 7) is 0.572. The molecular formula is C17H19ClN2O. The monoisotopic (exact) mass is 302 g/mol. The number of hydrogen-bond donors (Lipinski definition) is 2. The largest absolute Gasteiger partial charge is 0.356 e. The summed E-state index contributed by atoms with van der Waals surface area (Å²) in [6.07, 6.45) is 1.08. The Kier molecular flexibility index (Phi) is 5.78. The summed E-state index contributed by atoms with van der Waals surface area (Å²) in [5, 5.41) is 3.57. The molecule has 0 aliphatic carbocycles. The van der Waals surface area contributed by atoms with Crippen molar-refractivity contribution < 1.29 is 4.79 Å². The first kappa shape index (κ1) is 15.5. The minimum atomic E-state index is -0.0537. The topological polar surface area (TPSA) is 55.1 Å². The first-order chi connectivity index (χ1) is 10.1. The smallest absolute Gasteiger partial charge is 0.224 e. The van der Waals surface area contributed by atoms with E-state index in [0.717, 1.165) is 17.5 Å². The quantitative estimate of drug-likeness (QED) is 0.861. The van der Waals surface area contributed by atoms with Crippen LogP contribution in [-0.2, 0) is 11.2 Å². The fraction of sp³-hybridized carbons (Fsp3) is 0.235. The zero-order valence-corrected chi connectivity index (χ0v) is 12.5. The first-order valence-electron chi connectivity index (χ1n) is 6.97. The van der Waals surface area contributed by atoms with E-state index in [0.29, 0.717) is 18.0 Å². The Morgan fingerprint density at radius 2 is 1.76 bits per heavy atom. The highest BCUT2D eigenvalue weighted by molar-refractivity contribution is 6.30. The Labute approximate surface area is 130 Å². The highest BCUT2D eigenvalue weighted by Crippen LogP contribution is 2.12. The summed E-state index contributed by atoms with van der Waals surface area (Å²) in [5.41, 5.74) is 8.12. The standard InChI is InChI=1S/C17H19ClN2O/c18-15-8-6-13(7-9-15)12-17(21)20-11-10-16(19)14-4-2-1-3-5-14/h1-9,16H,10-12,19H2,(H,20,21). The maximum Gasteiger partial charge on any atom is 0.224 e. The van der Waals surface area contributed by atoms with Crippen LogP contribution < -0.4 is 11.1 Å². The second-order valence-corrected chi connectivity index (χ2v) is 5.40. The molecule has 0 fully saturated rings. The maximum atomic E-state index is 11.8. The molecule has 0 saturated heterocycles. The van der Waals surface area contributed by atoms with E-state index in [1.54, 1.807) is 12.1 Å². The SMILES string of the molecule is NC(CCNC(=O)Cc1ccc(Cl)cc1)c1ccccc1. The molecule has 2 rings (SSSR count). The van der Waals surface area contributed by atoms with Gasteiger partial charge in [-0.2, -0.15) is 0 Å². The van der Waals surface area contributed by atoms with Crippen LogP contribution >= 0.6 is 11.6 Å². The Hall–Kier alpha value is -1.84. The van der Waals surface area contributed by atoms with Crippen LogP contribution in [0.1, 0.15) is 23.6 Å². The summed E-state index contributed by atoms with van der Waals surface area (Å²) in [7, 11) is 0. The molecule has 0 aliphatic rings. The molecule has 0 saturated carbocycles. The van der Waals surface area contributed by atoms with E-state index in [4.69, 9.17) is 17.3 Å². The third-order valence-corrected chi connectivity index (χ3v) is 3.54. The van der Waals surface area contributed by atoms with E-state index in [-0.39, 0.29) is 11.9 Å². The van der Waals surface area contributed by atoms with Crippen molar-refractivity contribution >= 4 is 17.5 Å². The first-order valence-corrected chi connectivity index (χ1v) is 7.34. The van der Waals surface area contributed by atoms with Crippen molar-refractivity contribution in [2.24, 2.45) is 5.73 Å². The molecule has 2 aromatic carbocycles. The van der Waals surface area contributed by atoms with Gasteiger partial charge in [-0.25, -0.2) is 0 Å². The number of halogens is 1. The van der Waals surface area contributed by atoms with E-state index in [1.807, 2.05) is 42.5 Å². The van der Waals surface area contributed by atoms with E-state index in [2.05, 4.69) is 5.32 Å². The molecule has 0 aromatic heterocycles. The molecular weight excluding hydrogens is 284 g/mol. The zero-order chi connectivity index (χ0) is 15.1. The fourth-order valence-corrected chi connectivity index (χ4v) is 2.21. The van der Waals surface area contributed by atoms with Crippen LogP contribution in [0.5, 0.6) is 0 Å². The van der Waals surface area contributed by atoms with Gasteiger partial charge in [0, 0.05) is 17.6 Å². The molecule has 0 radical (unpaired) electrons. The zero-order valence-electron chi connectivity index (χ0n) is 11.8. The normalized spacial score (nSPS) is 11.9. The van der Waals surface area contributed by atoms with E-state index >= 15 is 0 Å². The lowest BCUT2D eigenvalue weighted by Crippen LogP contribution is -2.28. The summed E-state index contributed by atoms with van der Waals surface area (Å²) in [6, 6.07) is 17.1. The van der Waals surface area contributed by atoms with Gasteiger partial charge in [-0.1, -0.05) is 54.1 Å². The Balaban J connectivity index is 1.73. The molecule has 0 spiro atoms. The van der Waals surface area contributed by atoms with Gasteiger partial charge in [0.1, 0.15) is 0 Å². The third kappa shape index (κ3) is 5.21. The van der Waals surface area contributed by atoms with Crippen molar-refractivity contribution in [2.45, 2.75) is 18.9 Å². The lowest BCUT2D eigenvalue weighted by molar-refractivity contribution is -0.120. The molecule has 1 amide bonds. The van der Waals surface area contributed by atoms with Crippen molar-refractivity contribution in [1.29, 1.82) is 0 Å². The number of amides is 1. The molecule has 4 heteroatoms. The number of hydrogen-bond acceptors (Lipinski definition) is 2. The van der Waals surface area contributed by atoms with E-state index in [1.165, 1.54) is 0 Å². The van der Waals surface area contributed by atoms with Crippen LogP contribution in [0.3, 0.4) is 0 Å². The molecule has 0 heterocycles. The summed E-state index contributed by atoms with van der Waals surface area (Å²) in [4.78, 5) is 11.8. The highest BCUT2D eigenvalue weighted by atomic mass is 35.5. The third-order valence-electron chi connectivity index (χ3n) is 3.28. The Morgan fingerprint density at radius 3 is 2.43 bits per heavy atom. The Morgan fingerprint density at radius 1 is 1.10 bits per heavy atom. The summed E-state index contributed by atoms with van der Waals surface area (Å²) >= 11 is 5.81. The van der Waals surface area contributed by atoms with E-state index in [9.17, 15) is 4.79 Å². The summed E-state index contributed by atoms with van der Waals surface area (Å²) < 4.78 is 0. The van der Waals surface area contributed by atoms with Crippen LogP contribution in [-0.4, -0.2) is 12.5 Å². The molecule has 21 heavy (non-hydrogen) atoms. The predicted octanol–water partition coefficient (Wildman–Crippen LogP) is 3.09. The van der Waals surface area contributed by atoms with E-state index < -0.39 is 0 Å². The number of rotatable bonds is 6. The van der Waals surface area contributed by atoms with Gasteiger partial charge in [0.15, 0.2) is 0 Å². The molecule has 2 aromatic rings. The number of carbonyl (C=O) groups excluding carboxylic acids is 1. The second-order valence-electron chi connectivity index (χ2n) is 4.96. The lowest BCUT2D eigenvalue weighted by Gasteiger charge is -2.12. The maximum absolute atomic E-state index is 11.8. The summed E-state index contributed by atoms with van der Waals surface area (Å²) in [5.74, 6) is -0.00224. The average Bonchev–Trinajstić information content (AvgIpc) is 2.50. The van der Waals surface area contributed by atoms with Gasteiger partial charge < -0.3 is 11.1 Å². The van der Waals surface area contributed by atoms with Crippen LogP contribution in [0.25, 0.3) is 0 Å². The van der Waals surface area contributed by atoms with Crippen molar-refractivity contribution in [3.05, 3.63) is 70.7 Å². The molecule has 1 unspecified atom stereocenters. The number of nitrogens with two attached hydrogens (primary N) is 1. The van der Waals surface area contributed by atoms with Gasteiger partial charge in [0.05, 0.1) is 6.42 Å². The molecule has 0 bridgehead atoms. The molecule has 110 valence electrons. The average molecular weight is 303 g/mol. The van der Waals surface area contributed by atoms with Crippen molar-refractivity contribution in [3.8, 4) is 0 Å². The minimum absolute atomic E-state index is 0.00224. The fourth-order valence-electron chi connectivity index (χ4n) is 2.08. The van der Waals surface area contributed by atoms with Gasteiger partial charge in [-0.3, -0.25) is 4.79 Å². The molecule has 3 N–H and O–H groups in total. The van der Waals surface area contributed by atoms with Crippen LogP contribution in [0.2, 0.25) is 5.02 Å². The van der Waals surface area contributed by atoms with Gasteiger partial charge in [-0.05, 0) is 29.7 Å². The number of nitrogens with one attached hydrogen (secondary N) is 1. The van der Waals surface area contributed by atoms with Crippen LogP contribution in [0.4, 0.5) is 0 Å². The molecule has 0 aliphatic heterocycles. The van der Waals surface area contributed by atoms with Gasteiger partial charge in [0.25, 0.3) is 0 Å². The van der Waals surface area contributed by atoms with Crippen LogP contribution in [0, 0.1) is 0 Å². The molecule has 1 atom stereocenters.